The lowest BCUT2D eigenvalue weighted by Gasteiger charge is -2.13. The summed E-state index contributed by atoms with van der Waals surface area (Å²) in [5, 5.41) is 13.3. The van der Waals surface area contributed by atoms with E-state index in [-0.39, 0.29) is 17.2 Å². The van der Waals surface area contributed by atoms with Gasteiger partial charge in [0, 0.05) is 10.7 Å². The van der Waals surface area contributed by atoms with Crippen LogP contribution in [-0.2, 0) is 4.79 Å². The van der Waals surface area contributed by atoms with E-state index in [9.17, 15) is 9.59 Å². The third-order valence-electron chi connectivity index (χ3n) is 4.79. The molecule has 8 heteroatoms. The highest BCUT2D eigenvalue weighted by molar-refractivity contribution is 7.99. The fourth-order valence-electron chi connectivity index (χ4n) is 3.12. The summed E-state index contributed by atoms with van der Waals surface area (Å²) in [5.41, 5.74) is 2.89. The summed E-state index contributed by atoms with van der Waals surface area (Å²) in [6, 6.07) is 21.1. The van der Waals surface area contributed by atoms with Gasteiger partial charge < -0.3 is 5.32 Å². The molecule has 3 aromatic carbocycles. The van der Waals surface area contributed by atoms with Crippen LogP contribution in [0.5, 0.6) is 0 Å². The number of rotatable bonds is 5. The van der Waals surface area contributed by atoms with Gasteiger partial charge in [0.15, 0.2) is 5.16 Å². The van der Waals surface area contributed by atoms with Crippen LogP contribution in [0.2, 0.25) is 5.02 Å². The average molecular weight is 461 g/mol. The Balaban J connectivity index is 1.66. The minimum Gasteiger partial charge on any atom is -0.325 e. The van der Waals surface area contributed by atoms with Gasteiger partial charge >= 0.3 is 0 Å². The number of aromatic nitrogens is 2. The Morgan fingerprint density at radius 1 is 1.16 bits per heavy atom. The van der Waals surface area contributed by atoms with Gasteiger partial charge in [0.2, 0.25) is 5.91 Å². The number of nitrogens with zero attached hydrogens (tertiary/aromatic N) is 3. The second-order valence-corrected chi connectivity index (χ2v) is 8.36. The van der Waals surface area contributed by atoms with Crippen LogP contribution < -0.4 is 10.9 Å². The van der Waals surface area contributed by atoms with Gasteiger partial charge in [-0.2, -0.15) is 5.26 Å². The number of fused-ring (bicyclic) bond motifs is 1. The Kier molecular flexibility index (Phi) is 6.26. The summed E-state index contributed by atoms with van der Waals surface area (Å²) in [5.74, 6) is -0.198. The number of hydrogen-bond donors (Lipinski definition) is 1. The lowest BCUT2D eigenvalue weighted by Crippen LogP contribution is -2.23. The first-order chi connectivity index (χ1) is 15.5. The van der Waals surface area contributed by atoms with Gasteiger partial charge in [0.1, 0.15) is 0 Å². The molecular formula is C24H17ClN4O2S. The number of carbonyl (C=O) groups is 1. The Morgan fingerprint density at radius 2 is 1.91 bits per heavy atom. The first-order valence-electron chi connectivity index (χ1n) is 9.67. The number of aryl methyl sites for hydroxylation is 1. The molecular weight excluding hydrogens is 444 g/mol. The standard InChI is InChI=1S/C24H17ClN4O2S/c1-15-6-9-17(12-20(15)25)27-22(30)14-32-24-28-21-5-3-2-4-19(21)23(31)29(24)18-10-7-16(13-26)8-11-18/h2-12H,14H2,1H3,(H,27,30). The number of carbonyl (C=O) groups excluding carboxylic acids is 1. The molecule has 0 fully saturated rings. The molecule has 4 rings (SSSR count). The Bertz CT molecular complexity index is 1430. The molecule has 32 heavy (non-hydrogen) atoms. The lowest BCUT2D eigenvalue weighted by molar-refractivity contribution is -0.113. The molecule has 1 N–H and O–H groups in total. The van der Waals surface area contributed by atoms with Crippen molar-refractivity contribution in [2.24, 2.45) is 0 Å². The lowest BCUT2D eigenvalue weighted by atomic mass is 10.2. The zero-order valence-electron chi connectivity index (χ0n) is 17.0. The van der Waals surface area contributed by atoms with Gasteiger partial charge in [-0.25, -0.2) is 4.98 Å². The number of benzene rings is 3. The molecule has 6 nitrogen and oxygen atoms in total. The number of nitrogens with one attached hydrogen (secondary N) is 1. The number of amides is 1. The van der Waals surface area contributed by atoms with Gasteiger partial charge in [-0.1, -0.05) is 41.6 Å². The number of hydrogen-bond acceptors (Lipinski definition) is 5. The average Bonchev–Trinajstić information content (AvgIpc) is 2.80. The van der Waals surface area contributed by atoms with Crippen molar-refractivity contribution in [3.63, 3.8) is 0 Å². The van der Waals surface area contributed by atoms with Crippen LogP contribution in [0.25, 0.3) is 16.6 Å². The third kappa shape index (κ3) is 4.52. The summed E-state index contributed by atoms with van der Waals surface area (Å²) in [4.78, 5) is 30.4. The molecule has 0 spiro atoms. The minimum absolute atomic E-state index is 0.0482. The van der Waals surface area contributed by atoms with Crippen LogP contribution in [0.1, 0.15) is 11.1 Å². The molecule has 0 radical (unpaired) electrons. The molecule has 0 bridgehead atoms. The molecule has 0 saturated heterocycles. The summed E-state index contributed by atoms with van der Waals surface area (Å²) >= 11 is 7.29. The summed E-state index contributed by atoms with van der Waals surface area (Å²) < 4.78 is 1.46. The van der Waals surface area contributed by atoms with E-state index in [4.69, 9.17) is 16.9 Å². The third-order valence-corrected chi connectivity index (χ3v) is 6.13. The molecule has 1 heterocycles. The molecule has 158 valence electrons. The van der Waals surface area contributed by atoms with E-state index in [1.165, 1.54) is 4.57 Å². The van der Waals surface area contributed by atoms with Gasteiger partial charge in [-0.15, -0.1) is 0 Å². The van der Waals surface area contributed by atoms with Crippen molar-refractivity contribution in [1.29, 1.82) is 5.26 Å². The highest BCUT2D eigenvalue weighted by Gasteiger charge is 2.15. The highest BCUT2D eigenvalue weighted by atomic mass is 35.5. The smallest absolute Gasteiger partial charge is 0.266 e. The van der Waals surface area contributed by atoms with Gasteiger partial charge in [0.05, 0.1) is 34.0 Å². The maximum Gasteiger partial charge on any atom is 0.266 e. The Morgan fingerprint density at radius 3 is 2.62 bits per heavy atom. The molecule has 1 aromatic heterocycles. The van der Waals surface area contributed by atoms with Crippen LogP contribution in [-0.4, -0.2) is 21.2 Å². The van der Waals surface area contributed by atoms with Crippen molar-refractivity contribution >= 4 is 45.9 Å². The van der Waals surface area contributed by atoms with Crippen molar-refractivity contribution in [3.05, 3.63) is 93.2 Å². The Labute approximate surface area is 193 Å². The quantitative estimate of drug-likeness (QED) is 0.336. The fraction of sp³-hybridized carbons (Fsp3) is 0.0833. The van der Waals surface area contributed by atoms with Crippen LogP contribution in [0.4, 0.5) is 5.69 Å². The highest BCUT2D eigenvalue weighted by Crippen LogP contribution is 2.23. The SMILES string of the molecule is Cc1ccc(NC(=O)CSc2nc3ccccc3c(=O)n2-c2ccc(C#N)cc2)cc1Cl. The molecule has 1 amide bonds. The van der Waals surface area contributed by atoms with Gasteiger partial charge in [-0.3, -0.25) is 14.2 Å². The molecule has 0 saturated carbocycles. The van der Waals surface area contributed by atoms with Crippen molar-refractivity contribution < 1.29 is 4.79 Å². The normalized spacial score (nSPS) is 10.7. The van der Waals surface area contributed by atoms with Crippen LogP contribution >= 0.6 is 23.4 Å². The Hall–Kier alpha value is -3.60. The predicted molar refractivity (Wildman–Crippen MR) is 128 cm³/mol. The van der Waals surface area contributed by atoms with E-state index in [0.29, 0.717) is 38.0 Å². The van der Waals surface area contributed by atoms with E-state index in [1.54, 1.807) is 54.6 Å². The van der Waals surface area contributed by atoms with Crippen molar-refractivity contribution in [1.82, 2.24) is 9.55 Å². The number of nitriles is 1. The summed E-state index contributed by atoms with van der Waals surface area (Å²) in [6.07, 6.45) is 0. The second-order valence-electron chi connectivity index (χ2n) is 7.01. The van der Waals surface area contributed by atoms with Crippen molar-refractivity contribution in [2.45, 2.75) is 12.1 Å². The number of halogens is 1. The number of anilines is 1. The van der Waals surface area contributed by atoms with E-state index < -0.39 is 0 Å². The first kappa shape index (κ1) is 21.6. The molecule has 0 aliphatic heterocycles. The first-order valence-corrected chi connectivity index (χ1v) is 11.0. The predicted octanol–water partition coefficient (Wildman–Crippen LogP) is 4.95. The van der Waals surface area contributed by atoms with Crippen molar-refractivity contribution in [2.75, 3.05) is 11.1 Å². The van der Waals surface area contributed by atoms with Crippen LogP contribution in [0.15, 0.2) is 76.7 Å². The van der Waals surface area contributed by atoms with E-state index in [0.717, 1.165) is 17.3 Å². The van der Waals surface area contributed by atoms with Crippen LogP contribution in [0.3, 0.4) is 0 Å². The molecule has 0 atom stereocenters. The largest absolute Gasteiger partial charge is 0.325 e. The molecule has 0 aliphatic carbocycles. The van der Waals surface area contributed by atoms with Crippen molar-refractivity contribution in [3.8, 4) is 11.8 Å². The molecule has 0 unspecified atom stereocenters. The molecule has 0 aliphatic rings. The minimum atomic E-state index is -0.247. The summed E-state index contributed by atoms with van der Waals surface area (Å²) in [7, 11) is 0. The van der Waals surface area contributed by atoms with E-state index in [2.05, 4.69) is 16.4 Å². The number of thioether (sulfide) groups is 1. The van der Waals surface area contributed by atoms with Crippen LogP contribution in [0, 0.1) is 18.3 Å². The maximum atomic E-state index is 13.2. The maximum absolute atomic E-state index is 13.2. The zero-order chi connectivity index (χ0) is 22.7. The zero-order valence-corrected chi connectivity index (χ0v) is 18.6. The second kappa shape index (κ2) is 9.27. The number of para-hydroxylation sites is 1. The van der Waals surface area contributed by atoms with Gasteiger partial charge in [0.25, 0.3) is 5.56 Å². The fourth-order valence-corrected chi connectivity index (χ4v) is 4.11. The van der Waals surface area contributed by atoms with E-state index >= 15 is 0 Å². The summed E-state index contributed by atoms with van der Waals surface area (Å²) in [6.45, 7) is 1.89. The monoisotopic (exact) mass is 460 g/mol. The topological polar surface area (TPSA) is 87.8 Å². The van der Waals surface area contributed by atoms with Gasteiger partial charge in [-0.05, 0) is 61.0 Å². The molecule has 4 aromatic rings. The van der Waals surface area contributed by atoms with E-state index in [1.807, 2.05) is 19.1 Å².